The van der Waals surface area contributed by atoms with Crippen LogP contribution in [0, 0.1) is 5.41 Å². The molecule has 0 saturated heterocycles. The number of aliphatic hydroxyl groups excluding tert-OH is 1. The zero-order valence-corrected chi connectivity index (χ0v) is 11.7. The van der Waals surface area contributed by atoms with Gasteiger partial charge in [0.2, 0.25) is 0 Å². The van der Waals surface area contributed by atoms with E-state index in [0.29, 0.717) is 12.1 Å². The maximum absolute atomic E-state index is 9.23. The first-order valence-electron chi connectivity index (χ1n) is 6.97. The molecule has 0 amide bonds. The van der Waals surface area contributed by atoms with Crippen LogP contribution in [0.3, 0.4) is 0 Å². The van der Waals surface area contributed by atoms with Crippen LogP contribution in [0.15, 0.2) is 24.3 Å². The molecule has 0 heterocycles. The molecule has 2 unspecified atom stereocenters. The fraction of sp³-hybridized carbons (Fsp3) is 0.625. The van der Waals surface area contributed by atoms with Gasteiger partial charge in [0.05, 0.1) is 0 Å². The number of hydrogen-bond donors (Lipinski definition) is 2. The van der Waals surface area contributed by atoms with Crippen LogP contribution >= 0.6 is 0 Å². The third kappa shape index (κ3) is 2.93. The molecular weight excluding hydrogens is 222 g/mol. The summed E-state index contributed by atoms with van der Waals surface area (Å²) in [5.41, 5.74) is 3.11. The van der Waals surface area contributed by atoms with Crippen molar-refractivity contribution < 1.29 is 5.11 Å². The average Bonchev–Trinajstić information content (AvgIpc) is 2.71. The topological polar surface area (TPSA) is 32.3 Å². The van der Waals surface area contributed by atoms with E-state index in [-0.39, 0.29) is 12.0 Å². The van der Waals surface area contributed by atoms with Crippen molar-refractivity contribution in [2.45, 2.75) is 52.1 Å². The number of nitrogens with one attached hydrogen (secondary N) is 1. The van der Waals surface area contributed by atoms with E-state index in [1.807, 2.05) is 0 Å². The lowest BCUT2D eigenvalue weighted by molar-refractivity contribution is 0.185. The van der Waals surface area contributed by atoms with Crippen LogP contribution < -0.4 is 5.32 Å². The molecule has 2 atom stereocenters. The molecule has 1 aromatic rings. The smallest absolute Gasteiger partial charge is 0.0446 e. The van der Waals surface area contributed by atoms with E-state index < -0.39 is 0 Å². The van der Waals surface area contributed by atoms with Crippen molar-refractivity contribution in [3.8, 4) is 0 Å². The summed E-state index contributed by atoms with van der Waals surface area (Å²) in [6.45, 7) is 6.97. The van der Waals surface area contributed by atoms with Gasteiger partial charge in [-0.3, -0.25) is 0 Å². The second-order valence-corrected chi connectivity index (χ2v) is 6.39. The van der Waals surface area contributed by atoms with Gasteiger partial charge in [0.25, 0.3) is 0 Å². The lowest BCUT2D eigenvalue weighted by Crippen LogP contribution is -2.42. The van der Waals surface area contributed by atoms with Crippen molar-refractivity contribution in [1.82, 2.24) is 5.32 Å². The summed E-state index contributed by atoms with van der Waals surface area (Å²) in [4.78, 5) is 0. The van der Waals surface area contributed by atoms with Crippen molar-refractivity contribution in [1.29, 1.82) is 0 Å². The fourth-order valence-electron chi connectivity index (χ4n) is 2.87. The molecule has 2 rings (SSSR count). The molecule has 1 aliphatic rings. The Bertz CT molecular complexity index is 394. The molecule has 0 fully saturated rings. The first-order valence-corrected chi connectivity index (χ1v) is 6.97. The maximum Gasteiger partial charge on any atom is 0.0446 e. The highest BCUT2D eigenvalue weighted by Crippen LogP contribution is 2.33. The van der Waals surface area contributed by atoms with E-state index >= 15 is 0 Å². The van der Waals surface area contributed by atoms with E-state index in [1.54, 1.807) is 0 Å². The highest BCUT2D eigenvalue weighted by atomic mass is 16.3. The van der Waals surface area contributed by atoms with Crippen molar-refractivity contribution in [3.05, 3.63) is 35.4 Å². The molecule has 1 aromatic carbocycles. The minimum atomic E-state index is 0.181. The highest BCUT2D eigenvalue weighted by molar-refractivity contribution is 5.34. The minimum Gasteiger partial charge on any atom is -0.396 e. The molecule has 2 heteroatoms. The Morgan fingerprint density at radius 3 is 2.72 bits per heavy atom. The molecule has 0 radical (unpaired) electrons. The van der Waals surface area contributed by atoms with Gasteiger partial charge in [-0.15, -0.1) is 0 Å². The van der Waals surface area contributed by atoms with Crippen LogP contribution in [0.2, 0.25) is 0 Å². The first kappa shape index (κ1) is 13.6. The van der Waals surface area contributed by atoms with Crippen molar-refractivity contribution in [3.63, 3.8) is 0 Å². The summed E-state index contributed by atoms with van der Waals surface area (Å²) < 4.78 is 0. The van der Waals surface area contributed by atoms with Crippen LogP contribution in [-0.2, 0) is 6.42 Å². The Labute approximate surface area is 110 Å². The van der Waals surface area contributed by atoms with E-state index in [0.717, 1.165) is 6.42 Å². The third-order valence-corrected chi connectivity index (χ3v) is 4.00. The second-order valence-electron chi connectivity index (χ2n) is 6.39. The quantitative estimate of drug-likeness (QED) is 0.857. The summed E-state index contributed by atoms with van der Waals surface area (Å²) in [7, 11) is 0. The normalized spacial score (nSPS) is 20.8. The highest BCUT2D eigenvalue weighted by Gasteiger charge is 2.29. The molecule has 2 N–H and O–H groups in total. The molecule has 1 aliphatic carbocycles. The van der Waals surface area contributed by atoms with Gasteiger partial charge in [0.1, 0.15) is 0 Å². The van der Waals surface area contributed by atoms with E-state index in [2.05, 4.69) is 50.4 Å². The largest absolute Gasteiger partial charge is 0.396 e. The van der Waals surface area contributed by atoms with Gasteiger partial charge in [-0.25, -0.2) is 0 Å². The second kappa shape index (κ2) is 5.41. The number of hydrogen-bond acceptors (Lipinski definition) is 2. The Balaban J connectivity index is 2.10. The minimum absolute atomic E-state index is 0.181. The van der Waals surface area contributed by atoms with Gasteiger partial charge in [0.15, 0.2) is 0 Å². The molecule has 18 heavy (non-hydrogen) atoms. The number of benzene rings is 1. The average molecular weight is 247 g/mol. The predicted octanol–water partition coefficient (Wildman–Crippen LogP) is 3.06. The molecule has 0 spiro atoms. The summed E-state index contributed by atoms with van der Waals surface area (Å²) >= 11 is 0. The molecule has 0 aliphatic heterocycles. The number of rotatable bonds is 4. The zero-order valence-electron chi connectivity index (χ0n) is 11.7. The number of aliphatic hydroxyl groups is 1. The Kier molecular flexibility index (Phi) is 4.08. The lowest BCUT2D eigenvalue weighted by Gasteiger charge is -2.34. The fourth-order valence-corrected chi connectivity index (χ4v) is 2.87. The molecular formula is C16H25NO. The third-order valence-electron chi connectivity index (χ3n) is 4.00. The van der Waals surface area contributed by atoms with Crippen molar-refractivity contribution in [2.75, 3.05) is 6.61 Å². The monoisotopic (exact) mass is 247 g/mol. The van der Waals surface area contributed by atoms with Crippen LogP contribution in [0.4, 0.5) is 0 Å². The molecule has 2 nitrogen and oxygen atoms in total. The molecule has 0 bridgehead atoms. The Hall–Kier alpha value is -0.860. The standard InChI is InChI=1S/C16H25NO/c1-16(2,3)15(10-11-18)17-14-9-8-12-6-4-5-7-13(12)14/h4-7,14-15,17-18H,8-11H2,1-3H3. The van der Waals surface area contributed by atoms with E-state index in [1.165, 1.54) is 24.0 Å². The van der Waals surface area contributed by atoms with Crippen LogP contribution in [0.1, 0.15) is 50.8 Å². The van der Waals surface area contributed by atoms with E-state index in [4.69, 9.17) is 0 Å². The summed E-state index contributed by atoms with van der Waals surface area (Å²) in [5, 5.41) is 13.0. The van der Waals surface area contributed by atoms with Gasteiger partial charge >= 0.3 is 0 Å². The van der Waals surface area contributed by atoms with Crippen LogP contribution in [0.5, 0.6) is 0 Å². The predicted molar refractivity (Wildman–Crippen MR) is 75.6 cm³/mol. The van der Waals surface area contributed by atoms with Gasteiger partial charge in [-0.1, -0.05) is 45.0 Å². The zero-order chi connectivity index (χ0) is 13.2. The SMILES string of the molecule is CC(C)(C)C(CCO)NC1CCc2ccccc21. The van der Waals surface area contributed by atoms with Gasteiger partial charge in [-0.2, -0.15) is 0 Å². The first-order chi connectivity index (χ1) is 8.52. The maximum atomic E-state index is 9.23. The molecule has 0 aromatic heterocycles. The Morgan fingerprint density at radius 2 is 2.06 bits per heavy atom. The van der Waals surface area contributed by atoms with Crippen LogP contribution in [-0.4, -0.2) is 17.8 Å². The Morgan fingerprint density at radius 1 is 1.33 bits per heavy atom. The number of fused-ring (bicyclic) bond motifs is 1. The van der Waals surface area contributed by atoms with Crippen molar-refractivity contribution >= 4 is 0 Å². The number of aryl methyl sites for hydroxylation is 1. The van der Waals surface area contributed by atoms with Crippen LogP contribution in [0.25, 0.3) is 0 Å². The van der Waals surface area contributed by atoms with Gasteiger partial charge < -0.3 is 10.4 Å². The van der Waals surface area contributed by atoms with E-state index in [9.17, 15) is 5.11 Å². The molecule has 0 saturated carbocycles. The van der Waals surface area contributed by atoms with Crippen molar-refractivity contribution in [2.24, 2.45) is 5.41 Å². The van der Waals surface area contributed by atoms with Gasteiger partial charge in [-0.05, 0) is 35.8 Å². The lowest BCUT2D eigenvalue weighted by atomic mass is 9.84. The summed E-state index contributed by atoms with van der Waals surface area (Å²) in [6, 6.07) is 9.52. The summed E-state index contributed by atoms with van der Waals surface area (Å²) in [5.74, 6) is 0. The summed E-state index contributed by atoms with van der Waals surface area (Å²) in [6.07, 6.45) is 3.17. The molecule has 100 valence electrons. The van der Waals surface area contributed by atoms with Gasteiger partial charge in [0, 0.05) is 18.7 Å².